The largest absolute Gasteiger partial charge is 0.479 e. The molecule has 1 heterocycles. The van der Waals surface area contributed by atoms with Crippen molar-refractivity contribution in [1.82, 2.24) is 0 Å². The van der Waals surface area contributed by atoms with Crippen LogP contribution in [0.15, 0.2) is 24.3 Å². The molecule has 0 unspecified atom stereocenters. The molecule has 36 heavy (non-hydrogen) atoms. The molecule has 1 aliphatic rings. The topological polar surface area (TPSA) is 73.9 Å². The summed E-state index contributed by atoms with van der Waals surface area (Å²) in [4.78, 5) is 25.5. The van der Waals surface area contributed by atoms with Gasteiger partial charge in [-0.15, -0.1) is 11.3 Å². The fraction of sp³-hybridized carbons (Fsp3) is 0.571. The summed E-state index contributed by atoms with van der Waals surface area (Å²) in [5, 5.41) is 3.98. The molecule has 0 spiro atoms. The van der Waals surface area contributed by atoms with Gasteiger partial charge in [-0.25, -0.2) is 9.59 Å². The van der Waals surface area contributed by atoms with Gasteiger partial charge in [-0.05, 0) is 68.6 Å². The lowest BCUT2D eigenvalue weighted by Gasteiger charge is -2.45. The van der Waals surface area contributed by atoms with E-state index in [0.29, 0.717) is 10.9 Å². The van der Waals surface area contributed by atoms with Crippen molar-refractivity contribution in [2.75, 3.05) is 19.0 Å². The van der Waals surface area contributed by atoms with Crippen LogP contribution in [0.25, 0.3) is 10.4 Å². The molecule has 1 aromatic heterocycles. The summed E-state index contributed by atoms with van der Waals surface area (Å²) < 4.78 is 15.9. The number of benzene rings is 1. The van der Waals surface area contributed by atoms with Gasteiger partial charge in [-0.3, -0.25) is 0 Å². The predicted octanol–water partition coefficient (Wildman–Crippen LogP) is 7.59. The number of ether oxygens (including phenoxy) is 3. The zero-order valence-corrected chi connectivity index (χ0v) is 24.1. The third-order valence-electron chi connectivity index (χ3n) is 5.98. The van der Waals surface area contributed by atoms with Crippen molar-refractivity contribution in [3.8, 4) is 16.2 Å². The highest BCUT2D eigenvalue weighted by Gasteiger charge is 2.38. The standard InChI is InChI=1S/C28H38ClNO5S/c1-26(2,3)35-20(31)15-34-22-21(29)23(36-24(22)25(32)33-8)17-10-9-11-18(12-17)30-19-13-27(4,5)16-28(6,7)14-19/h9-12,19,30H,13-16H2,1-8H3. The van der Waals surface area contributed by atoms with Gasteiger partial charge in [0.05, 0.1) is 12.0 Å². The first kappa shape index (κ1) is 28.3. The molecule has 0 bridgehead atoms. The highest BCUT2D eigenvalue weighted by atomic mass is 35.5. The maximum absolute atomic E-state index is 12.5. The van der Waals surface area contributed by atoms with E-state index < -0.39 is 17.5 Å². The van der Waals surface area contributed by atoms with Crippen LogP contribution in [-0.2, 0) is 14.3 Å². The van der Waals surface area contributed by atoms with Crippen molar-refractivity contribution >= 4 is 40.6 Å². The van der Waals surface area contributed by atoms with Crippen molar-refractivity contribution in [3.05, 3.63) is 34.2 Å². The quantitative estimate of drug-likeness (QED) is 0.368. The van der Waals surface area contributed by atoms with Crippen molar-refractivity contribution in [2.24, 2.45) is 10.8 Å². The minimum absolute atomic E-state index is 0.128. The summed E-state index contributed by atoms with van der Waals surface area (Å²) in [6.45, 7) is 14.3. The number of rotatable bonds is 7. The summed E-state index contributed by atoms with van der Waals surface area (Å²) in [5.74, 6) is -0.997. The normalized spacial score (nSPS) is 17.4. The number of esters is 2. The minimum Gasteiger partial charge on any atom is -0.479 e. The van der Waals surface area contributed by atoms with Crippen molar-refractivity contribution < 1.29 is 23.8 Å². The number of hydrogen-bond acceptors (Lipinski definition) is 7. The number of hydrogen-bond donors (Lipinski definition) is 1. The lowest BCUT2D eigenvalue weighted by atomic mass is 9.63. The second-order valence-corrected chi connectivity index (χ2v) is 13.5. The Morgan fingerprint density at radius 1 is 1.14 bits per heavy atom. The molecule has 2 aromatic rings. The average Bonchev–Trinajstić information content (AvgIpc) is 3.04. The first-order chi connectivity index (χ1) is 16.6. The molecule has 1 saturated carbocycles. The van der Waals surface area contributed by atoms with Crippen molar-refractivity contribution in [1.29, 1.82) is 0 Å². The molecule has 3 rings (SSSR count). The molecule has 0 saturated heterocycles. The number of nitrogens with one attached hydrogen (secondary N) is 1. The van der Waals surface area contributed by atoms with Gasteiger partial charge in [-0.2, -0.15) is 0 Å². The van der Waals surface area contributed by atoms with E-state index in [-0.39, 0.29) is 33.1 Å². The van der Waals surface area contributed by atoms with Crippen molar-refractivity contribution in [3.63, 3.8) is 0 Å². The molecule has 0 atom stereocenters. The van der Waals surface area contributed by atoms with E-state index in [1.54, 1.807) is 20.8 Å². The molecule has 8 heteroatoms. The average molecular weight is 536 g/mol. The van der Waals surface area contributed by atoms with E-state index in [0.717, 1.165) is 24.1 Å². The monoisotopic (exact) mass is 535 g/mol. The van der Waals surface area contributed by atoms with Crippen LogP contribution in [0.1, 0.15) is 77.4 Å². The molecule has 1 N–H and O–H groups in total. The Hall–Kier alpha value is -2.25. The number of halogens is 1. The fourth-order valence-electron chi connectivity index (χ4n) is 5.37. The third-order valence-corrected chi connectivity index (χ3v) is 7.66. The lowest BCUT2D eigenvalue weighted by Crippen LogP contribution is -2.40. The molecule has 1 aliphatic carbocycles. The van der Waals surface area contributed by atoms with E-state index in [1.165, 1.54) is 24.9 Å². The summed E-state index contributed by atoms with van der Waals surface area (Å²) in [6, 6.07) is 8.34. The van der Waals surface area contributed by atoms with Crippen LogP contribution in [-0.4, -0.2) is 37.3 Å². The number of carbonyl (C=O) groups excluding carboxylic acids is 2. The highest BCUT2D eigenvalue weighted by molar-refractivity contribution is 7.18. The van der Waals surface area contributed by atoms with E-state index in [1.807, 2.05) is 24.3 Å². The van der Waals surface area contributed by atoms with Gasteiger partial charge in [0.1, 0.15) is 10.6 Å². The van der Waals surface area contributed by atoms with Gasteiger partial charge in [0.25, 0.3) is 0 Å². The lowest BCUT2D eigenvalue weighted by molar-refractivity contribution is -0.157. The molecule has 0 amide bonds. The van der Waals surface area contributed by atoms with Gasteiger partial charge in [-0.1, -0.05) is 51.4 Å². The molecule has 1 fully saturated rings. The zero-order valence-electron chi connectivity index (χ0n) is 22.5. The summed E-state index contributed by atoms with van der Waals surface area (Å²) in [7, 11) is 1.30. The second-order valence-electron chi connectivity index (χ2n) is 12.1. The highest BCUT2D eigenvalue weighted by Crippen LogP contribution is 2.48. The Balaban J connectivity index is 1.86. The van der Waals surface area contributed by atoms with Gasteiger partial charge >= 0.3 is 11.9 Å². The third kappa shape index (κ3) is 7.39. The Kier molecular flexibility index (Phi) is 8.36. The van der Waals surface area contributed by atoms with Crippen LogP contribution in [0.5, 0.6) is 5.75 Å². The van der Waals surface area contributed by atoms with Gasteiger partial charge in [0.15, 0.2) is 17.2 Å². The van der Waals surface area contributed by atoms with Crippen LogP contribution in [0.4, 0.5) is 5.69 Å². The predicted molar refractivity (Wildman–Crippen MR) is 146 cm³/mol. The van der Waals surface area contributed by atoms with Crippen LogP contribution >= 0.6 is 22.9 Å². The summed E-state index contributed by atoms with van der Waals surface area (Å²) in [6.07, 6.45) is 3.39. The Morgan fingerprint density at radius 2 is 1.78 bits per heavy atom. The van der Waals surface area contributed by atoms with Crippen molar-refractivity contribution in [2.45, 2.75) is 79.4 Å². The van der Waals surface area contributed by atoms with Crippen LogP contribution in [0, 0.1) is 10.8 Å². The van der Waals surface area contributed by atoms with E-state index in [4.69, 9.17) is 25.8 Å². The number of anilines is 1. The van der Waals surface area contributed by atoms with Crippen LogP contribution in [0.2, 0.25) is 5.02 Å². The maximum Gasteiger partial charge on any atom is 0.351 e. The Morgan fingerprint density at radius 3 is 2.36 bits per heavy atom. The first-order valence-electron chi connectivity index (χ1n) is 12.2. The summed E-state index contributed by atoms with van der Waals surface area (Å²) >= 11 is 7.89. The zero-order chi connectivity index (χ0) is 26.9. The van der Waals surface area contributed by atoms with E-state index in [9.17, 15) is 9.59 Å². The number of carbonyl (C=O) groups is 2. The molecular weight excluding hydrogens is 498 g/mol. The molecule has 6 nitrogen and oxygen atoms in total. The SMILES string of the molecule is COC(=O)c1sc(-c2cccc(NC3CC(C)(C)CC(C)(C)C3)c2)c(Cl)c1OCC(=O)OC(C)(C)C. The van der Waals surface area contributed by atoms with E-state index >= 15 is 0 Å². The van der Waals surface area contributed by atoms with Crippen LogP contribution in [0.3, 0.4) is 0 Å². The van der Waals surface area contributed by atoms with E-state index in [2.05, 4.69) is 33.0 Å². The number of thiophene rings is 1. The Bertz CT molecular complexity index is 1100. The molecular formula is C28H38ClNO5S. The first-order valence-corrected chi connectivity index (χ1v) is 13.4. The van der Waals surface area contributed by atoms with Gasteiger partial charge in [0, 0.05) is 11.7 Å². The molecule has 1 aromatic carbocycles. The smallest absolute Gasteiger partial charge is 0.351 e. The second kappa shape index (κ2) is 10.6. The molecule has 198 valence electrons. The Labute approximate surface area is 223 Å². The maximum atomic E-state index is 12.5. The van der Waals surface area contributed by atoms with Gasteiger partial charge < -0.3 is 19.5 Å². The molecule has 0 radical (unpaired) electrons. The minimum atomic E-state index is -0.647. The number of methoxy groups -OCH3 is 1. The molecule has 0 aliphatic heterocycles. The fourth-order valence-corrected chi connectivity index (χ4v) is 6.86. The van der Waals surface area contributed by atoms with Crippen LogP contribution < -0.4 is 10.1 Å². The summed E-state index contributed by atoms with van der Waals surface area (Å²) in [5.41, 5.74) is 1.73. The van der Waals surface area contributed by atoms with Gasteiger partial charge in [0.2, 0.25) is 0 Å².